The first-order chi connectivity index (χ1) is 10.9. The molecule has 0 saturated heterocycles. The van der Waals surface area contributed by atoms with Crippen molar-refractivity contribution in [2.45, 2.75) is 33.3 Å². The second kappa shape index (κ2) is 9.71. The Morgan fingerprint density at radius 2 is 1.87 bits per heavy atom. The lowest BCUT2D eigenvalue weighted by atomic mass is 10.2. The first-order valence-electron chi connectivity index (χ1n) is 7.76. The van der Waals surface area contributed by atoms with E-state index in [1.165, 1.54) is 10.5 Å². The molecular formula is C17H26N2O4. The summed E-state index contributed by atoms with van der Waals surface area (Å²) in [5.74, 6) is 0.464. The lowest BCUT2D eigenvalue weighted by molar-refractivity contribution is -0.147. The molecule has 0 aliphatic heterocycles. The van der Waals surface area contributed by atoms with Gasteiger partial charge in [0.25, 0.3) is 0 Å². The predicted molar refractivity (Wildman–Crippen MR) is 88.5 cm³/mol. The molecule has 0 aromatic heterocycles. The van der Waals surface area contributed by atoms with Gasteiger partial charge in [0.2, 0.25) is 0 Å². The van der Waals surface area contributed by atoms with Crippen LogP contribution in [0.4, 0.5) is 4.79 Å². The van der Waals surface area contributed by atoms with Crippen LogP contribution in [0.3, 0.4) is 0 Å². The molecule has 128 valence electrons. The highest BCUT2D eigenvalue weighted by Gasteiger charge is 2.10. The average Bonchev–Trinajstić information content (AvgIpc) is 2.48. The standard InChI is InChI=1S/C17H26N2O4/c1-13(2)23-16(20)9-10-18-17(21)19(4)11-12-22-15-7-5-14(3)6-8-15/h5-8,13H,9-12H2,1-4H3,(H,18,21). The number of likely N-dealkylation sites (N-methyl/N-ethyl adjacent to an activating group) is 1. The molecule has 1 rings (SSSR count). The highest BCUT2D eigenvalue weighted by atomic mass is 16.5. The van der Waals surface area contributed by atoms with Crippen LogP contribution in [0, 0.1) is 6.92 Å². The topological polar surface area (TPSA) is 67.9 Å². The zero-order valence-electron chi connectivity index (χ0n) is 14.3. The summed E-state index contributed by atoms with van der Waals surface area (Å²) >= 11 is 0. The Kier molecular flexibility index (Phi) is 7.94. The van der Waals surface area contributed by atoms with E-state index in [1.807, 2.05) is 31.2 Å². The lowest BCUT2D eigenvalue weighted by Crippen LogP contribution is -2.40. The molecule has 0 fully saturated rings. The number of hydrogen-bond acceptors (Lipinski definition) is 4. The Morgan fingerprint density at radius 1 is 1.22 bits per heavy atom. The van der Waals surface area contributed by atoms with Crippen molar-refractivity contribution in [3.05, 3.63) is 29.8 Å². The Hall–Kier alpha value is -2.24. The molecule has 2 amide bonds. The van der Waals surface area contributed by atoms with Gasteiger partial charge in [-0.15, -0.1) is 0 Å². The zero-order valence-corrected chi connectivity index (χ0v) is 14.3. The van der Waals surface area contributed by atoms with E-state index in [1.54, 1.807) is 20.9 Å². The molecule has 0 unspecified atom stereocenters. The van der Waals surface area contributed by atoms with Crippen LogP contribution >= 0.6 is 0 Å². The summed E-state index contributed by atoms with van der Waals surface area (Å²) < 4.78 is 10.6. The molecule has 0 aliphatic carbocycles. The minimum absolute atomic E-state index is 0.139. The number of rotatable bonds is 8. The van der Waals surface area contributed by atoms with Crippen molar-refractivity contribution in [2.24, 2.45) is 0 Å². The summed E-state index contributed by atoms with van der Waals surface area (Å²) in [4.78, 5) is 24.7. The molecule has 0 spiro atoms. The third kappa shape index (κ3) is 8.09. The largest absolute Gasteiger partial charge is 0.492 e. The van der Waals surface area contributed by atoms with E-state index in [4.69, 9.17) is 9.47 Å². The second-order valence-corrected chi connectivity index (χ2v) is 5.60. The van der Waals surface area contributed by atoms with Gasteiger partial charge in [0.05, 0.1) is 19.1 Å². The maximum absolute atomic E-state index is 11.8. The summed E-state index contributed by atoms with van der Waals surface area (Å²) in [6, 6.07) is 7.50. The summed E-state index contributed by atoms with van der Waals surface area (Å²) in [5, 5.41) is 2.67. The second-order valence-electron chi connectivity index (χ2n) is 5.60. The van der Waals surface area contributed by atoms with E-state index in [9.17, 15) is 9.59 Å². The lowest BCUT2D eigenvalue weighted by Gasteiger charge is -2.18. The van der Waals surface area contributed by atoms with E-state index >= 15 is 0 Å². The SMILES string of the molecule is Cc1ccc(OCCN(C)C(=O)NCCC(=O)OC(C)C)cc1. The van der Waals surface area contributed by atoms with Gasteiger partial charge in [0.15, 0.2) is 0 Å². The highest BCUT2D eigenvalue weighted by Crippen LogP contribution is 2.11. The Bertz CT molecular complexity index is 500. The van der Waals surface area contributed by atoms with Crippen LogP contribution in [-0.4, -0.2) is 49.7 Å². The normalized spacial score (nSPS) is 10.3. The number of nitrogens with one attached hydrogen (secondary N) is 1. The van der Waals surface area contributed by atoms with Crippen molar-refractivity contribution in [3.8, 4) is 5.75 Å². The first kappa shape index (κ1) is 18.8. The number of urea groups is 1. The summed E-state index contributed by atoms with van der Waals surface area (Å²) in [6.07, 6.45) is 0.0252. The Morgan fingerprint density at radius 3 is 2.48 bits per heavy atom. The summed E-state index contributed by atoms with van der Waals surface area (Å²) in [5.41, 5.74) is 1.17. The minimum Gasteiger partial charge on any atom is -0.492 e. The average molecular weight is 322 g/mol. The van der Waals surface area contributed by atoms with Crippen molar-refractivity contribution in [2.75, 3.05) is 26.7 Å². The van der Waals surface area contributed by atoms with Crippen molar-refractivity contribution >= 4 is 12.0 Å². The predicted octanol–water partition coefficient (Wildman–Crippen LogP) is 2.36. The maximum atomic E-state index is 11.8. The van der Waals surface area contributed by atoms with Crippen LogP contribution in [0.15, 0.2) is 24.3 Å². The van der Waals surface area contributed by atoms with Crippen molar-refractivity contribution in [1.29, 1.82) is 0 Å². The number of aryl methyl sites for hydroxylation is 1. The van der Waals surface area contributed by atoms with E-state index in [-0.39, 0.29) is 31.1 Å². The van der Waals surface area contributed by atoms with E-state index in [0.29, 0.717) is 13.2 Å². The van der Waals surface area contributed by atoms with Gasteiger partial charge in [-0.05, 0) is 32.9 Å². The van der Waals surface area contributed by atoms with Gasteiger partial charge in [0.1, 0.15) is 12.4 Å². The molecule has 6 heteroatoms. The number of nitrogens with zero attached hydrogens (tertiary/aromatic N) is 1. The third-order valence-electron chi connectivity index (χ3n) is 3.04. The van der Waals surface area contributed by atoms with Gasteiger partial charge < -0.3 is 19.7 Å². The van der Waals surface area contributed by atoms with E-state index < -0.39 is 0 Å². The Balaban J connectivity index is 2.18. The quantitative estimate of drug-likeness (QED) is 0.746. The fourth-order valence-corrected chi connectivity index (χ4v) is 1.76. The van der Waals surface area contributed by atoms with Crippen LogP contribution in [0.25, 0.3) is 0 Å². The highest BCUT2D eigenvalue weighted by molar-refractivity contribution is 5.75. The molecule has 1 aromatic rings. The van der Waals surface area contributed by atoms with Crippen LogP contribution in [-0.2, 0) is 9.53 Å². The molecule has 0 atom stereocenters. The van der Waals surface area contributed by atoms with E-state index in [2.05, 4.69) is 5.32 Å². The molecule has 0 bridgehead atoms. The monoisotopic (exact) mass is 322 g/mol. The van der Waals surface area contributed by atoms with Crippen molar-refractivity contribution in [1.82, 2.24) is 10.2 Å². The van der Waals surface area contributed by atoms with Crippen molar-refractivity contribution < 1.29 is 19.1 Å². The first-order valence-corrected chi connectivity index (χ1v) is 7.76. The molecule has 0 heterocycles. The summed E-state index contributed by atoms with van der Waals surface area (Å²) in [6.45, 7) is 6.71. The molecule has 0 aliphatic rings. The number of esters is 1. The van der Waals surface area contributed by atoms with Gasteiger partial charge in [0, 0.05) is 13.6 Å². The number of carbonyl (C=O) groups excluding carboxylic acids is 2. The summed E-state index contributed by atoms with van der Waals surface area (Å²) in [7, 11) is 1.68. The number of carbonyl (C=O) groups is 2. The smallest absolute Gasteiger partial charge is 0.317 e. The van der Waals surface area contributed by atoms with Crippen LogP contribution < -0.4 is 10.1 Å². The molecule has 23 heavy (non-hydrogen) atoms. The molecule has 1 aromatic carbocycles. The van der Waals surface area contributed by atoms with Crippen LogP contribution in [0.1, 0.15) is 25.8 Å². The zero-order chi connectivity index (χ0) is 17.2. The minimum atomic E-state index is -0.314. The number of benzene rings is 1. The fraction of sp³-hybridized carbons (Fsp3) is 0.529. The number of hydrogen-bond donors (Lipinski definition) is 1. The van der Waals surface area contributed by atoms with Gasteiger partial charge >= 0.3 is 12.0 Å². The fourth-order valence-electron chi connectivity index (χ4n) is 1.76. The maximum Gasteiger partial charge on any atom is 0.317 e. The molecule has 6 nitrogen and oxygen atoms in total. The molecule has 1 N–H and O–H groups in total. The van der Waals surface area contributed by atoms with Crippen molar-refractivity contribution in [3.63, 3.8) is 0 Å². The van der Waals surface area contributed by atoms with E-state index in [0.717, 1.165) is 5.75 Å². The van der Waals surface area contributed by atoms with Gasteiger partial charge in [-0.25, -0.2) is 4.79 Å². The molecule has 0 saturated carbocycles. The van der Waals surface area contributed by atoms with Gasteiger partial charge in [-0.2, -0.15) is 0 Å². The van der Waals surface area contributed by atoms with Crippen LogP contribution in [0.2, 0.25) is 0 Å². The number of amides is 2. The van der Waals surface area contributed by atoms with Gasteiger partial charge in [-0.3, -0.25) is 4.79 Å². The number of ether oxygens (including phenoxy) is 2. The molecule has 0 radical (unpaired) electrons. The van der Waals surface area contributed by atoms with Crippen LogP contribution in [0.5, 0.6) is 5.75 Å². The Labute approximate surface area is 137 Å². The molecular weight excluding hydrogens is 296 g/mol. The third-order valence-corrected chi connectivity index (χ3v) is 3.04. The van der Waals surface area contributed by atoms with Gasteiger partial charge in [-0.1, -0.05) is 17.7 Å².